The van der Waals surface area contributed by atoms with Gasteiger partial charge in [0.05, 0.1) is 0 Å². The summed E-state index contributed by atoms with van der Waals surface area (Å²) in [7, 11) is 0. The van der Waals surface area contributed by atoms with Crippen LogP contribution in [0.15, 0.2) is 253 Å². The molecule has 1 fully saturated rings. The van der Waals surface area contributed by atoms with Gasteiger partial charge >= 0.3 is 0 Å². The van der Waals surface area contributed by atoms with Crippen molar-refractivity contribution in [2.75, 3.05) is 0 Å². The van der Waals surface area contributed by atoms with Gasteiger partial charge in [-0.2, -0.15) is 0 Å². The van der Waals surface area contributed by atoms with Gasteiger partial charge in [-0.3, -0.25) is 0 Å². The summed E-state index contributed by atoms with van der Waals surface area (Å²) in [6.45, 7) is 5.00. The zero-order valence-electron chi connectivity index (χ0n) is 39.2. The van der Waals surface area contributed by atoms with Crippen LogP contribution in [0.1, 0.15) is 59.9 Å². The fourth-order valence-electron chi connectivity index (χ4n) is 12.4. The second kappa shape index (κ2) is 17.7. The van der Waals surface area contributed by atoms with E-state index in [1.807, 2.05) is 0 Å². The third-order valence-electron chi connectivity index (χ3n) is 16.1. The molecule has 12 rings (SSSR count). The van der Waals surface area contributed by atoms with Crippen LogP contribution >= 0.6 is 0 Å². The number of fused-ring (bicyclic) bond motifs is 6. The van der Waals surface area contributed by atoms with Gasteiger partial charge in [0.25, 0.3) is 0 Å². The monoisotopic (exact) mass is 874 g/mol. The summed E-state index contributed by atoms with van der Waals surface area (Å²) in [6, 6.07) is 65.6. The Kier molecular flexibility index (Phi) is 11.0. The molecule has 330 valence electrons. The van der Waals surface area contributed by atoms with Crippen LogP contribution in [0, 0.1) is 29.1 Å². The third kappa shape index (κ3) is 7.97. The summed E-state index contributed by atoms with van der Waals surface area (Å²) >= 11 is 0. The highest BCUT2D eigenvalue weighted by Crippen LogP contribution is 2.59. The van der Waals surface area contributed by atoms with Crippen molar-refractivity contribution < 1.29 is 0 Å². The molecule has 0 spiro atoms. The Morgan fingerprint density at radius 1 is 0.529 bits per heavy atom. The topological polar surface area (TPSA) is 0 Å². The lowest BCUT2D eigenvalue weighted by Gasteiger charge is -2.34. The molecule has 0 heteroatoms. The molecule has 0 aromatic heterocycles. The molecule has 0 radical (unpaired) electrons. The molecule has 1 saturated carbocycles. The molecular formula is C68H58. The van der Waals surface area contributed by atoms with Crippen LogP contribution in [0.4, 0.5) is 0 Å². The zero-order valence-corrected chi connectivity index (χ0v) is 39.2. The van der Waals surface area contributed by atoms with E-state index in [9.17, 15) is 0 Å². The van der Waals surface area contributed by atoms with Crippen LogP contribution in [0.3, 0.4) is 0 Å². The van der Waals surface area contributed by atoms with E-state index in [0.717, 1.165) is 19.3 Å². The van der Waals surface area contributed by atoms with Crippen molar-refractivity contribution in [3.63, 3.8) is 0 Å². The lowest BCUT2D eigenvalue weighted by Crippen LogP contribution is -2.26. The molecule has 5 aliphatic rings. The maximum atomic E-state index is 2.67. The van der Waals surface area contributed by atoms with Crippen molar-refractivity contribution in [1.29, 1.82) is 0 Å². The predicted octanol–water partition coefficient (Wildman–Crippen LogP) is 17.4. The fraction of sp³-hybridized carbons (Fsp3) is 0.176. The quantitative estimate of drug-likeness (QED) is 0.136. The summed E-state index contributed by atoms with van der Waals surface area (Å²) in [5.41, 5.74) is 21.3. The maximum Gasteiger partial charge on any atom is 0.0127 e. The van der Waals surface area contributed by atoms with Gasteiger partial charge in [-0.25, -0.2) is 0 Å². The van der Waals surface area contributed by atoms with Gasteiger partial charge in [-0.1, -0.05) is 251 Å². The Labute approximate surface area is 403 Å². The third-order valence-corrected chi connectivity index (χ3v) is 16.1. The summed E-state index contributed by atoms with van der Waals surface area (Å²) in [6.07, 6.45) is 29.7. The van der Waals surface area contributed by atoms with Crippen LogP contribution in [0.2, 0.25) is 0 Å². The largest absolute Gasteiger partial charge is 0.0803 e. The Balaban J connectivity index is 0.837. The van der Waals surface area contributed by atoms with Gasteiger partial charge in [0.2, 0.25) is 0 Å². The Bertz CT molecular complexity index is 3220. The van der Waals surface area contributed by atoms with Crippen LogP contribution in [0.25, 0.3) is 50.6 Å². The number of hydrogen-bond donors (Lipinski definition) is 0. The minimum Gasteiger partial charge on any atom is -0.0803 e. The fourth-order valence-corrected chi connectivity index (χ4v) is 12.4. The first-order valence-corrected chi connectivity index (χ1v) is 24.9. The summed E-state index contributed by atoms with van der Waals surface area (Å²) in [5.74, 6) is 2.82. The van der Waals surface area contributed by atoms with Crippen molar-refractivity contribution >= 4 is 6.08 Å². The molecule has 6 unspecified atom stereocenters. The van der Waals surface area contributed by atoms with E-state index in [1.165, 1.54) is 89.0 Å². The summed E-state index contributed by atoms with van der Waals surface area (Å²) in [5, 5.41) is 0. The van der Waals surface area contributed by atoms with E-state index in [1.54, 1.807) is 0 Å². The maximum absolute atomic E-state index is 2.67. The highest BCUT2D eigenvalue weighted by atomic mass is 14.6. The number of benzene rings is 7. The van der Waals surface area contributed by atoms with E-state index < -0.39 is 0 Å². The van der Waals surface area contributed by atoms with Gasteiger partial charge in [0, 0.05) is 11.8 Å². The Morgan fingerprint density at radius 3 is 1.97 bits per heavy atom. The molecule has 5 aliphatic carbocycles. The summed E-state index contributed by atoms with van der Waals surface area (Å²) < 4.78 is 0. The molecule has 0 bridgehead atoms. The van der Waals surface area contributed by atoms with Gasteiger partial charge in [0.15, 0.2) is 0 Å². The minimum atomic E-state index is 0.182. The van der Waals surface area contributed by atoms with Gasteiger partial charge in [-0.15, -0.1) is 0 Å². The van der Waals surface area contributed by atoms with E-state index >= 15 is 0 Å². The van der Waals surface area contributed by atoms with Crippen LogP contribution in [-0.4, -0.2) is 0 Å². The van der Waals surface area contributed by atoms with Crippen LogP contribution in [0.5, 0.6) is 0 Å². The molecular weight excluding hydrogens is 817 g/mol. The SMILES string of the molecule is CC1(C)C2C=CC=CC2C2C=CC(C(Cc3ccc(-c4ccccc4)cc3)c3ccc(-c4cccc(-c5ccc6c(c5)CC(C5=CCC(c7ccccc7)C=C5)=Cc5ccccc5-6)c4)cc3)=CC21. The lowest BCUT2D eigenvalue weighted by atomic mass is 9.70. The van der Waals surface area contributed by atoms with E-state index in [4.69, 9.17) is 0 Å². The average molecular weight is 875 g/mol. The van der Waals surface area contributed by atoms with Crippen molar-refractivity contribution in [2.24, 2.45) is 29.1 Å². The molecule has 6 atom stereocenters. The number of rotatable bonds is 9. The van der Waals surface area contributed by atoms with Crippen LogP contribution < -0.4 is 0 Å². The second-order valence-electron chi connectivity index (χ2n) is 20.4. The predicted molar refractivity (Wildman–Crippen MR) is 287 cm³/mol. The van der Waals surface area contributed by atoms with Gasteiger partial charge < -0.3 is 0 Å². The first kappa shape index (κ1) is 42.1. The molecule has 68 heavy (non-hydrogen) atoms. The molecule has 7 aromatic rings. The minimum absolute atomic E-state index is 0.182. The van der Waals surface area contributed by atoms with Crippen molar-refractivity contribution in [3.05, 3.63) is 281 Å². The number of hydrogen-bond acceptors (Lipinski definition) is 0. The molecule has 0 saturated heterocycles. The normalized spacial score (nSPS) is 22.1. The average Bonchev–Trinajstić information content (AvgIpc) is 3.51. The molecule has 0 nitrogen and oxygen atoms in total. The van der Waals surface area contributed by atoms with Crippen molar-refractivity contribution in [1.82, 2.24) is 0 Å². The number of allylic oxidation sites excluding steroid dienone is 13. The Hall–Kier alpha value is -7.28. The van der Waals surface area contributed by atoms with Crippen molar-refractivity contribution in [2.45, 2.75) is 44.9 Å². The smallest absolute Gasteiger partial charge is 0.0127 e. The molecule has 0 aliphatic heterocycles. The molecule has 0 heterocycles. The lowest BCUT2D eigenvalue weighted by molar-refractivity contribution is 0.237. The first-order chi connectivity index (χ1) is 33.4. The summed E-state index contributed by atoms with van der Waals surface area (Å²) in [4.78, 5) is 0. The van der Waals surface area contributed by atoms with Gasteiger partial charge in [-0.05, 0) is 143 Å². The highest BCUT2D eigenvalue weighted by Gasteiger charge is 2.52. The van der Waals surface area contributed by atoms with Crippen molar-refractivity contribution in [3.8, 4) is 44.5 Å². The zero-order chi connectivity index (χ0) is 45.6. The van der Waals surface area contributed by atoms with E-state index in [0.29, 0.717) is 29.6 Å². The molecule has 0 N–H and O–H groups in total. The molecule has 0 amide bonds. The van der Waals surface area contributed by atoms with Gasteiger partial charge in [0.1, 0.15) is 0 Å². The van der Waals surface area contributed by atoms with E-state index in [2.05, 4.69) is 257 Å². The second-order valence-corrected chi connectivity index (χ2v) is 20.4. The van der Waals surface area contributed by atoms with Crippen LogP contribution in [-0.2, 0) is 12.8 Å². The highest BCUT2D eigenvalue weighted by molar-refractivity contribution is 5.85. The van der Waals surface area contributed by atoms with E-state index in [-0.39, 0.29) is 11.3 Å². The standard InChI is InChI=1S/C68H58/c1-68(2)66-23-12-11-22-63(66)64-39-37-58(45-67(64)68)65(40-46-24-26-49(27-25-46)47-14-5-3-6-15-47)53-34-32-51(33-35-53)54-19-13-20-55(41-54)56-36-38-62-60(42-56)44-59(43-57-18-9-10-21-61(57)62)52-30-28-50(29-31-52)48-16-7-4-8-17-48/h3-28,30-39,41-43,45,50,63-67H,29,40,44H2,1-2H3. The first-order valence-electron chi connectivity index (χ1n) is 24.9. The Morgan fingerprint density at radius 2 is 1.18 bits per heavy atom. The molecule has 7 aromatic carbocycles.